The van der Waals surface area contributed by atoms with Gasteiger partial charge in [-0.1, -0.05) is 0 Å². The summed E-state index contributed by atoms with van der Waals surface area (Å²) < 4.78 is 394. The third-order valence-corrected chi connectivity index (χ3v) is 6.53. The summed E-state index contributed by atoms with van der Waals surface area (Å²) in [5, 5.41) is 0. The number of hydrogen-bond donors (Lipinski definition) is 0. The van der Waals surface area contributed by atoms with E-state index in [-0.39, 0.29) is 0 Å². The molecule has 2 aliphatic rings. The summed E-state index contributed by atoms with van der Waals surface area (Å²) in [4.78, 5) is 0. The predicted molar refractivity (Wildman–Crippen MR) is 89.8 cm³/mol. The number of hydrogen-bond acceptors (Lipinski definition) is 0. The molecule has 0 saturated heterocycles. The predicted octanol–water partition coefficient (Wildman–Crippen LogP) is 10.6. The zero-order valence-corrected chi connectivity index (χ0v) is 20.5. The zero-order valence-electron chi connectivity index (χ0n) is 20.5. The van der Waals surface area contributed by atoms with Gasteiger partial charge in [-0.3, -0.25) is 0 Å². The van der Waals surface area contributed by atoms with Crippen molar-refractivity contribution in [1.82, 2.24) is 0 Å². The average Bonchev–Trinajstić information content (AvgIpc) is 3.01. The molecule has 2 unspecified atom stereocenters. The highest BCUT2D eigenvalue weighted by atomic mass is 19.4. The number of fused-ring (bicyclic) bond motifs is 1. The molecule has 0 bridgehead atoms. The average molecular weight is 780 g/mol. The molecule has 280 valence electrons. The minimum atomic E-state index is -9.47. The monoisotopic (exact) mass is 780 g/mol. The maximum absolute atomic E-state index is 14.9. The number of halogens is 29. The molecule has 0 aromatic rings. The van der Waals surface area contributed by atoms with Crippen molar-refractivity contribution >= 4 is 0 Å². The molecule has 1 fully saturated rings. The van der Waals surface area contributed by atoms with Crippen molar-refractivity contribution in [3.63, 3.8) is 0 Å². The second-order valence-electron chi connectivity index (χ2n) is 9.36. The fourth-order valence-electron chi connectivity index (χ4n) is 3.74. The molecule has 48 heavy (non-hydrogen) atoms. The Morgan fingerprint density at radius 3 is 1.15 bits per heavy atom. The van der Waals surface area contributed by atoms with Crippen LogP contribution in [0.2, 0.25) is 0 Å². The first-order valence-electron chi connectivity index (χ1n) is 10.6. The van der Waals surface area contributed by atoms with E-state index in [0.717, 1.165) is 0 Å². The van der Waals surface area contributed by atoms with Gasteiger partial charge in [-0.05, 0) is 0 Å². The summed E-state index contributed by atoms with van der Waals surface area (Å²) in [5.74, 6) is -106. The van der Waals surface area contributed by atoms with Crippen molar-refractivity contribution in [2.75, 3.05) is 0 Å². The van der Waals surface area contributed by atoms with E-state index < -0.39 is 112 Å². The summed E-state index contributed by atoms with van der Waals surface area (Å²) in [6.07, 6.45) is -14.0. The largest absolute Gasteiger partial charge is 0.460 e. The van der Waals surface area contributed by atoms with Crippen LogP contribution in [0.4, 0.5) is 127 Å². The Bertz CT molecular complexity index is 1430. The topological polar surface area (TPSA) is 0 Å². The highest BCUT2D eigenvalue weighted by Gasteiger charge is 2.96. The van der Waals surface area contributed by atoms with Gasteiger partial charge in [0.25, 0.3) is 5.67 Å². The van der Waals surface area contributed by atoms with Gasteiger partial charge in [-0.15, -0.1) is 0 Å². The molecule has 0 nitrogen and oxygen atoms in total. The lowest BCUT2D eigenvalue weighted by molar-refractivity contribution is -0.460. The summed E-state index contributed by atoms with van der Waals surface area (Å²) in [5.41, 5.74) is -15.4. The van der Waals surface area contributed by atoms with Gasteiger partial charge in [0, 0.05) is 0 Å². The maximum Gasteiger partial charge on any atom is 0.460 e. The van der Waals surface area contributed by atoms with Crippen LogP contribution in [-0.2, 0) is 0 Å². The van der Waals surface area contributed by atoms with Crippen LogP contribution >= 0.6 is 0 Å². The quantitative estimate of drug-likeness (QED) is 0.215. The molecule has 1 saturated carbocycles. The Morgan fingerprint density at radius 2 is 0.792 bits per heavy atom. The molecule has 0 heterocycles. The molecule has 0 aromatic heterocycles. The van der Waals surface area contributed by atoms with Crippen LogP contribution < -0.4 is 0 Å². The van der Waals surface area contributed by atoms with Crippen LogP contribution in [0.15, 0.2) is 34.5 Å². The minimum Gasteiger partial charge on any atom is -0.235 e. The highest BCUT2D eigenvalue weighted by molar-refractivity contribution is 5.61. The standard InChI is InChI=1S/C19HF29/c20-3-1-2(10(28,29)12(32,33)9(1,26)27)4(21)8(25,5(3)22)6(23)7(24)11(30,31)13(34,35)14(36,37)15(38,39)16(40,41)17(42,43)18(44,45)19(46,47)48/h5H. The lowest BCUT2D eigenvalue weighted by Gasteiger charge is -2.42. The Morgan fingerprint density at radius 1 is 0.479 bits per heavy atom. The van der Waals surface area contributed by atoms with Crippen LogP contribution in [0.5, 0.6) is 0 Å². The van der Waals surface area contributed by atoms with Crippen LogP contribution in [0.1, 0.15) is 0 Å². The third kappa shape index (κ3) is 4.27. The molecular weight excluding hydrogens is 779 g/mol. The highest BCUT2D eigenvalue weighted by Crippen LogP contribution is 2.69. The van der Waals surface area contributed by atoms with Crippen LogP contribution in [0.3, 0.4) is 0 Å². The van der Waals surface area contributed by atoms with Crippen molar-refractivity contribution in [3.8, 4) is 0 Å². The van der Waals surface area contributed by atoms with Crippen molar-refractivity contribution in [2.24, 2.45) is 0 Å². The van der Waals surface area contributed by atoms with E-state index in [1.54, 1.807) is 0 Å². The van der Waals surface area contributed by atoms with Gasteiger partial charge >= 0.3 is 65.4 Å². The van der Waals surface area contributed by atoms with Gasteiger partial charge in [-0.2, -0.15) is 101 Å². The second-order valence-corrected chi connectivity index (χ2v) is 9.36. The van der Waals surface area contributed by atoms with Crippen molar-refractivity contribution < 1.29 is 127 Å². The van der Waals surface area contributed by atoms with Gasteiger partial charge in [0.05, 0.1) is 11.1 Å². The molecule has 2 aliphatic carbocycles. The summed E-state index contributed by atoms with van der Waals surface area (Å²) in [6.45, 7) is 0. The van der Waals surface area contributed by atoms with Crippen LogP contribution in [0, 0.1) is 0 Å². The fourth-order valence-corrected chi connectivity index (χ4v) is 3.74. The summed E-state index contributed by atoms with van der Waals surface area (Å²) >= 11 is 0. The second kappa shape index (κ2) is 10.1. The van der Waals surface area contributed by atoms with E-state index in [2.05, 4.69) is 0 Å². The normalized spacial score (nSPS) is 26.6. The van der Waals surface area contributed by atoms with E-state index in [0.29, 0.717) is 0 Å². The molecule has 0 N–H and O–H groups in total. The van der Waals surface area contributed by atoms with E-state index in [1.807, 2.05) is 0 Å². The number of rotatable bonds is 8. The maximum atomic E-state index is 14.9. The Kier molecular flexibility index (Phi) is 8.73. The lowest BCUT2D eigenvalue weighted by Crippen LogP contribution is -2.74. The number of allylic oxidation sites excluding steroid dienone is 6. The SMILES string of the molecule is FC1=C2C(=C(F)C(F)(C(F)=C(F)C(F)(F)C(F)(F)C(F)(F)C(F)(F)C(F)(F)C(F)(F)C(F)(F)C(F)(F)F)C1F)C(F)(F)C(F)(F)C2(F)F. The molecule has 29 heteroatoms. The van der Waals surface area contributed by atoms with E-state index in [4.69, 9.17) is 0 Å². The third-order valence-electron chi connectivity index (χ3n) is 6.53. The summed E-state index contributed by atoms with van der Waals surface area (Å²) in [6, 6.07) is 0. The Labute approximate surface area is 240 Å². The van der Waals surface area contributed by atoms with Crippen molar-refractivity contribution in [1.29, 1.82) is 0 Å². The molecular formula is C19HF29. The molecule has 2 atom stereocenters. The molecule has 0 aromatic carbocycles. The first-order valence-corrected chi connectivity index (χ1v) is 10.6. The van der Waals surface area contributed by atoms with Gasteiger partial charge in [0.15, 0.2) is 17.8 Å². The summed E-state index contributed by atoms with van der Waals surface area (Å²) in [7, 11) is 0. The molecule has 0 radical (unpaired) electrons. The Hall–Kier alpha value is -2.81. The van der Waals surface area contributed by atoms with E-state index in [9.17, 15) is 127 Å². The van der Waals surface area contributed by atoms with E-state index in [1.165, 1.54) is 0 Å². The fraction of sp³-hybridized carbons (Fsp3) is 0.684. The van der Waals surface area contributed by atoms with Crippen molar-refractivity contribution in [2.45, 2.75) is 77.2 Å². The van der Waals surface area contributed by atoms with Crippen LogP contribution in [0.25, 0.3) is 0 Å². The smallest absolute Gasteiger partial charge is 0.235 e. The molecule has 2 rings (SSSR count). The van der Waals surface area contributed by atoms with Gasteiger partial charge in [-0.25, -0.2) is 26.3 Å². The lowest BCUT2D eigenvalue weighted by atomic mass is 9.82. The first kappa shape index (κ1) is 41.4. The van der Waals surface area contributed by atoms with Gasteiger partial charge < -0.3 is 0 Å². The number of alkyl halides is 25. The first-order chi connectivity index (χ1) is 20.5. The Balaban J connectivity index is 2.90. The van der Waals surface area contributed by atoms with Gasteiger partial charge in [0.2, 0.25) is 5.83 Å². The molecule has 0 aliphatic heterocycles. The van der Waals surface area contributed by atoms with Crippen molar-refractivity contribution in [3.05, 3.63) is 34.5 Å². The van der Waals surface area contributed by atoms with E-state index >= 15 is 0 Å². The minimum absolute atomic E-state index is 3.98. The zero-order chi connectivity index (χ0) is 39.0. The molecule has 0 amide bonds. The van der Waals surface area contributed by atoms with Gasteiger partial charge in [0.1, 0.15) is 5.83 Å². The van der Waals surface area contributed by atoms with Crippen LogP contribution in [-0.4, -0.2) is 77.2 Å². The molecule has 0 spiro atoms.